The van der Waals surface area contributed by atoms with Gasteiger partial charge < -0.3 is 15.0 Å². The quantitative estimate of drug-likeness (QED) is 0.467. The molecule has 1 aliphatic rings. The number of hydrogen-bond acceptors (Lipinski definition) is 2. The van der Waals surface area contributed by atoms with Crippen molar-refractivity contribution in [1.29, 1.82) is 0 Å². The SMILES string of the molecule is CCNC(=NCC1(C)COC1)N(C)Cc1ccccc1.I. The highest BCUT2D eigenvalue weighted by Gasteiger charge is 2.33. The van der Waals surface area contributed by atoms with E-state index in [2.05, 4.69) is 55.4 Å². The molecule has 0 saturated carbocycles. The van der Waals surface area contributed by atoms with Gasteiger partial charge in [0, 0.05) is 25.6 Å². The van der Waals surface area contributed by atoms with Gasteiger partial charge in [0.05, 0.1) is 19.8 Å². The Labute approximate surface area is 145 Å². The molecule has 0 amide bonds. The summed E-state index contributed by atoms with van der Waals surface area (Å²) in [6.45, 7) is 8.51. The fourth-order valence-electron chi connectivity index (χ4n) is 2.21. The van der Waals surface area contributed by atoms with Crippen LogP contribution in [-0.2, 0) is 11.3 Å². The van der Waals surface area contributed by atoms with Crippen molar-refractivity contribution in [1.82, 2.24) is 10.2 Å². The lowest BCUT2D eigenvalue weighted by Gasteiger charge is -2.37. The Balaban J connectivity index is 0.00000220. The lowest BCUT2D eigenvalue weighted by Crippen LogP contribution is -2.44. The number of ether oxygens (including phenoxy) is 1. The van der Waals surface area contributed by atoms with E-state index in [4.69, 9.17) is 9.73 Å². The van der Waals surface area contributed by atoms with E-state index >= 15 is 0 Å². The van der Waals surface area contributed by atoms with E-state index in [0.717, 1.165) is 38.8 Å². The summed E-state index contributed by atoms with van der Waals surface area (Å²) in [7, 11) is 2.08. The minimum absolute atomic E-state index is 0. The van der Waals surface area contributed by atoms with Crippen molar-refractivity contribution in [2.24, 2.45) is 10.4 Å². The van der Waals surface area contributed by atoms with Crippen molar-refractivity contribution in [3.05, 3.63) is 35.9 Å². The van der Waals surface area contributed by atoms with E-state index in [1.807, 2.05) is 6.07 Å². The highest BCUT2D eigenvalue weighted by atomic mass is 127. The fraction of sp³-hybridized carbons (Fsp3) is 0.562. The molecule has 1 aliphatic heterocycles. The first-order chi connectivity index (χ1) is 9.63. The molecule has 0 aliphatic carbocycles. The van der Waals surface area contributed by atoms with Gasteiger partial charge in [-0.3, -0.25) is 4.99 Å². The summed E-state index contributed by atoms with van der Waals surface area (Å²) in [4.78, 5) is 6.92. The van der Waals surface area contributed by atoms with E-state index in [0.29, 0.717) is 0 Å². The Morgan fingerprint density at radius 2 is 2.00 bits per heavy atom. The van der Waals surface area contributed by atoms with Crippen LogP contribution >= 0.6 is 24.0 Å². The first-order valence-corrected chi connectivity index (χ1v) is 7.24. The fourth-order valence-corrected chi connectivity index (χ4v) is 2.21. The van der Waals surface area contributed by atoms with Crippen LogP contribution in [0.2, 0.25) is 0 Å². The summed E-state index contributed by atoms with van der Waals surface area (Å²) >= 11 is 0. The molecule has 1 saturated heterocycles. The predicted octanol–water partition coefficient (Wildman–Crippen LogP) is 2.74. The maximum Gasteiger partial charge on any atom is 0.193 e. The summed E-state index contributed by atoms with van der Waals surface area (Å²) in [6, 6.07) is 10.5. The maximum absolute atomic E-state index is 5.28. The molecule has 4 nitrogen and oxygen atoms in total. The third kappa shape index (κ3) is 5.47. The minimum Gasteiger partial charge on any atom is -0.380 e. The third-order valence-corrected chi connectivity index (χ3v) is 3.47. The van der Waals surface area contributed by atoms with E-state index in [1.54, 1.807) is 0 Å². The second-order valence-electron chi connectivity index (χ2n) is 5.82. The average Bonchev–Trinajstić information content (AvgIpc) is 2.42. The second-order valence-corrected chi connectivity index (χ2v) is 5.82. The predicted molar refractivity (Wildman–Crippen MR) is 98.2 cm³/mol. The van der Waals surface area contributed by atoms with Crippen molar-refractivity contribution in [2.45, 2.75) is 20.4 Å². The Morgan fingerprint density at radius 1 is 1.33 bits per heavy atom. The van der Waals surface area contributed by atoms with Crippen LogP contribution in [0.1, 0.15) is 19.4 Å². The zero-order valence-corrected chi connectivity index (χ0v) is 15.5. The summed E-state index contributed by atoms with van der Waals surface area (Å²) in [5, 5.41) is 3.36. The van der Waals surface area contributed by atoms with Gasteiger partial charge in [0.1, 0.15) is 0 Å². The average molecular weight is 403 g/mol. The molecule has 0 aromatic heterocycles. The standard InChI is InChI=1S/C16H25N3O.HI/c1-4-17-15(18-11-16(2)12-20-13-16)19(3)10-14-8-6-5-7-9-14;/h5-9H,4,10-13H2,1-3H3,(H,17,18);1H. The van der Waals surface area contributed by atoms with E-state index in [9.17, 15) is 0 Å². The lowest BCUT2D eigenvalue weighted by molar-refractivity contribution is -0.0946. The molecule has 1 heterocycles. The Kier molecular flexibility index (Phi) is 7.45. The summed E-state index contributed by atoms with van der Waals surface area (Å²) in [5.41, 5.74) is 1.51. The molecule has 1 fully saturated rings. The summed E-state index contributed by atoms with van der Waals surface area (Å²) < 4.78 is 5.28. The topological polar surface area (TPSA) is 36.9 Å². The van der Waals surface area contributed by atoms with Crippen LogP contribution in [0, 0.1) is 5.41 Å². The Hall–Kier alpha value is -0.820. The zero-order valence-electron chi connectivity index (χ0n) is 13.1. The van der Waals surface area contributed by atoms with Crippen LogP contribution in [0.25, 0.3) is 0 Å². The minimum atomic E-state index is 0. The summed E-state index contributed by atoms with van der Waals surface area (Å²) in [5.74, 6) is 0.962. The molecule has 0 bridgehead atoms. The molecule has 0 radical (unpaired) electrons. The van der Waals surface area contributed by atoms with Crippen LogP contribution in [0.5, 0.6) is 0 Å². The number of halogens is 1. The van der Waals surface area contributed by atoms with Gasteiger partial charge in [-0.25, -0.2) is 0 Å². The van der Waals surface area contributed by atoms with Gasteiger partial charge in [0.2, 0.25) is 0 Å². The van der Waals surface area contributed by atoms with Crippen molar-refractivity contribution in [3.8, 4) is 0 Å². The molecule has 1 N–H and O–H groups in total. The van der Waals surface area contributed by atoms with Crippen molar-refractivity contribution in [2.75, 3.05) is 33.4 Å². The van der Waals surface area contributed by atoms with Gasteiger partial charge in [-0.2, -0.15) is 0 Å². The van der Waals surface area contributed by atoms with Crippen LogP contribution in [-0.4, -0.2) is 44.2 Å². The van der Waals surface area contributed by atoms with Crippen LogP contribution in [0.3, 0.4) is 0 Å². The van der Waals surface area contributed by atoms with Gasteiger partial charge in [0.25, 0.3) is 0 Å². The molecule has 0 unspecified atom stereocenters. The number of nitrogens with one attached hydrogen (secondary N) is 1. The monoisotopic (exact) mass is 403 g/mol. The highest BCUT2D eigenvalue weighted by Crippen LogP contribution is 2.26. The zero-order chi connectivity index (χ0) is 14.4. The smallest absolute Gasteiger partial charge is 0.193 e. The van der Waals surface area contributed by atoms with Crippen molar-refractivity contribution < 1.29 is 4.74 Å². The number of benzene rings is 1. The lowest BCUT2D eigenvalue weighted by atomic mass is 9.89. The molecule has 2 rings (SSSR count). The molecular formula is C16H26IN3O. The van der Waals surface area contributed by atoms with Gasteiger partial charge in [-0.15, -0.1) is 24.0 Å². The Morgan fingerprint density at radius 3 is 2.52 bits per heavy atom. The van der Waals surface area contributed by atoms with E-state index in [1.165, 1.54) is 5.56 Å². The molecule has 5 heteroatoms. The van der Waals surface area contributed by atoms with Gasteiger partial charge in [-0.05, 0) is 12.5 Å². The molecule has 1 aromatic rings. The molecule has 0 atom stereocenters. The van der Waals surface area contributed by atoms with Crippen LogP contribution in [0.15, 0.2) is 35.3 Å². The molecular weight excluding hydrogens is 377 g/mol. The van der Waals surface area contributed by atoms with E-state index < -0.39 is 0 Å². The number of hydrogen-bond donors (Lipinski definition) is 1. The van der Waals surface area contributed by atoms with Crippen LogP contribution in [0.4, 0.5) is 0 Å². The number of rotatable bonds is 5. The number of aliphatic imine (C=N–C) groups is 1. The third-order valence-electron chi connectivity index (χ3n) is 3.47. The van der Waals surface area contributed by atoms with Crippen molar-refractivity contribution in [3.63, 3.8) is 0 Å². The maximum atomic E-state index is 5.28. The van der Waals surface area contributed by atoms with E-state index in [-0.39, 0.29) is 29.4 Å². The molecule has 0 spiro atoms. The summed E-state index contributed by atoms with van der Waals surface area (Å²) in [6.07, 6.45) is 0. The van der Waals surface area contributed by atoms with Crippen molar-refractivity contribution >= 4 is 29.9 Å². The molecule has 21 heavy (non-hydrogen) atoms. The van der Waals surface area contributed by atoms with Crippen LogP contribution < -0.4 is 5.32 Å². The molecule has 118 valence electrons. The first kappa shape index (κ1) is 18.2. The largest absolute Gasteiger partial charge is 0.380 e. The molecule has 1 aromatic carbocycles. The normalized spacial score (nSPS) is 16.6. The first-order valence-electron chi connectivity index (χ1n) is 7.24. The number of nitrogens with zero attached hydrogens (tertiary/aromatic N) is 2. The second kappa shape index (κ2) is 8.58. The van der Waals surface area contributed by atoms with Gasteiger partial charge in [0.15, 0.2) is 5.96 Å². The van der Waals surface area contributed by atoms with Gasteiger partial charge >= 0.3 is 0 Å². The Bertz CT molecular complexity index is 446. The highest BCUT2D eigenvalue weighted by molar-refractivity contribution is 14.0. The number of guanidine groups is 1. The van der Waals surface area contributed by atoms with Gasteiger partial charge in [-0.1, -0.05) is 37.3 Å².